The number of phosphoric acid groups is 1. The average Bonchev–Trinajstić information content (AvgIpc) is 3.41. The van der Waals surface area contributed by atoms with Gasteiger partial charge in [-0.25, -0.2) is 4.57 Å². The van der Waals surface area contributed by atoms with Gasteiger partial charge in [-0.15, -0.1) is 0 Å². The minimum atomic E-state index is -4.78. The van der Waals surface area contributed by atoms with E-state index < -0.39 is 57.8 Å². The van der Waals surface area contributed by atoms with Gasteiger partial charge in [-0.3, -0.25) is 23.4 Å². The zero-order chi connectivity index (χ0) is 55.5. The van der Waals surface area contributed by atoms with E-state index in [0.717, 1.165) is 77.0 Å². The molecule has 0 aromatic rings. The second-order valence-corrected chi connectivity index (χ2v) is 21.6. The van der Waals surface area contributed by atoms with Crippen LogP contribution >= 0.6 is 7.82 Å². The molecule has 12 heteroatoms. The Kier molecular flexibility index (Phi) is 55.3. The van der Waals surface area contributed by atoms with Crippen molar-refractivity contribution >= 4 is 25.7 Å². The molecule has 0 amide bonds. The van der Waals surface area contributed by atoms with Crippen LogP contribution in [0.15, 0.2) is 85.1 Å². The van der Waals surface area contributed by atoms with Crippen LogP contribution in [-0.2, 0) is 42.2 Å². The number of carbonyl (C=O) groups is 3. The molecule has 3 atom stereocenters. The molecule has 76 heavy (non-hydrogen) atoms. The summed E-state index contributed by atoms with van der Waals surface area (Å²) in [6.45, 7) is 4.42. The third-order valence-corrected chi connectivity index (χ3v) is 13.8. The van der Waals surface area contributed by atoms with Gasteiger partial charge in [-0.2, -0.15) is 0 Å². The Bertz CT molecular complexity index is 1600. The van der Waals surface area contributed by atoms with E-state index in [1.165, 1.54) is 128 Å². The molecule has 0 radical (unpaired) electrons. The Morgan fingerprint density at radius 2 is 0.737 bits per heavy atom. The number of hydrogen-bond donors (Lipinski definition) is 2. The van der Waals surface area contributed by atoms with E-state index in [-0.39, 0.29) is 25.9 Å². The largest absolute Gasteiger partial charge is 0.472 e. The van der Waals surface area contributed by atoms with E-state index in [2.05, 4.69) is 81.5 Å². The van der Waals surface area contributed by atoms with E-state index >= 15 is 0 Å². The lowest BCUT2D eigenvalue weighted by atomic mass is 10.0. The number of unbranched alkanes of at least 4 members (excludes halogenated alkanes) is 26. The summed E-state index contributed by atoms with van der Waals surface area (Å²) in [6, 6.07) is 0. The summed E-state index contributed by atoms with van der Waals surface area (Å²) in [4.78, 5) is 48.6. The van der Waals surface area contributed by atoms with E-state index in [4.69, 9.17) is 23.3 Å². The van der Waals surface area contributed by atoms with Gasteiger partial charge in [0.2, 0.25) is 0 Å². The first-order valence-corrected chi connectivity index (χ1v) is 32.0. The van der Waals surface area contributed by atoms with Gasteiger partial charge in [0.15, 0.2) is 6.10 Å². The van der Waals surface area contributed by atoms with Crippen molar-refractivity contribution in [2.75, 3.05) is 26.4 Å². The highest BCUT2D eigenvalue weighted by molar-refractivity contribution is 7.47. The summed E-state index contributed by atoms with van der Waals surface area (Å²) < 4.78 is 39.5. The van der Waals surface area contributed by atoms with Crippen LogP contribution in [-0.4, -0.2) is 66.5 Å². The van der Waals surface area contributed by atoms with E-state index in [0.29, 0.717) is 19.3 Å². The molecule has 0 saturated carbocycles. The Hall–Kier alpha value is -3.34. The van der Waals surface area contributed by atoms with Gasteiger partial charge in [0.1, 0.15) is 12.7 Å². The molecule has 0 heterocycles. The van der Waals surface area contributed by atoms with Gasteiger partial charge in [-0.05, 0) is 77.0 Å². The Morgan fingerprint density at radius 1 is 0.395 bits per heavy atom. The molecule has 0 saturated heterocycles. The Balaban J connectivity index is 4.78. The normalized spacial score (nSPS) is 13.9. The zero-order valence-electron chi connectivity index (χ0n) is 48.5. The first kappa shape index (κ1) is 72.7. The van der Waals surface area contributed by atoms with E-state index in [1.807, 2.05) is 18.2 Å². The lowest BCUT2D eigenvalue weighted by Gasteiger charge is -2.21. The van der Waals surface area contributed by atoms with Crippen LogP contribution in [0.1, 0.15) is 265 Å². The van der Waals surface area contributed by atoms with Crippen LogP contribution in [0.2, 0.25) is 0 Å². The Labute approximate surface area is 464 Å². The smallest absolute Gasteiger partial charge is 0.462 e. The van der Waals surface area contributed by atoms with Gasteiger partial charge in [-0.1, -0.05) is 254 Å². The fourth-order valence-electron chi connectivity index (χ4n) is 8.23. The predicted octanol–water partition coefficient (Wildman–Crippen LogP) is 18.3. The number of esters is 3. The van der Waals surface area contributed by atoms with Gasteiger partial charge in [0, 0.05) is 12.8 Å². The number of rotatable bonds is 56. The predicted molar refractivity (Wildman–Crippen MR) is 316 cm³/mol. The summed E-state index contributed by atoms with van der Waals surface area (Å²) in [5.41, 5.74) is 0. The highest BCUT2D eigenvalue weighted by Gasteiger charge is 2.28. The van der Waals surface area contributed by atoms with Crippen molar-refractivity contribution in [2.24, 2.45) is 0 Å². The molecule has 438 valence electrons. The van der Waals surface area contributed by atoms with Crippen molar-refractivity contribution in [1.29, 1.82) is 0 Å². The maximum absolute atomic E-state index is 12.9. The van der Waals surface area contributed by atoms with Crippen molar-refractivity contribution in [1.82, 2.24) is 0 Å². The molecule has 0 aliphatic rings. The fraction of sp³-hybridized carbons (Fsp3) is 0.734. The molecule has 0 rings (SSSR count). The van der Waals surface area contributed by atoms with Crippen molar-refractivity contribution in [2.45, 2.75) is 277 Å². The lowest BCUT2D eigenvalue weighted by molar-refractivity contribution is -0.161. The second kappa shape index (κ2) is 57.8. The summed E-state index contributed by atoms with van der Waals surface area (Å²) >= 11 is 0. The zero-order valence-corrected chi connectivity index (χ0v) is 49.3. The van der Waals surface area contributed by atoms with Crippen LogP contribution in [0.5, 0.6) is 0 Å². The number of ether oxygens (including phenoxy) is 3. The summed E-state index contributed by atoms with van der Waals surface area (Å²) in [5, 5.41) is 9.80. The summed E-state index contributed by atoms with van der Waals surface area (Å²) in [5.74, 6) is -1.60. The van der Waals surface area contributed by atoms with Crippen LogP contribution in [0.4, 0.5) is 0 Å². The van der Waals surface area contributed by atoms with E-state index in [1.54, 1.807) is 6.08 Å². The molecule has 2 N–H and O–H groups in total. The molecule has 0 aromatic carbocycles. The molecular weight excluding hydrogens is 976 g/mol. The monoisotopic (exact) mass is 1090 g/mol. The van der Waals surface area contributed by atoms with Gasteiger partial charge >= 0.3 is 25.7 Å². The lowest BCUT2D eigenvalue weighted by Crippen LogP contribution is -2.30. The quantitative estimate of drug-likeness (QED) is 0.0197. The van der Waals surface area contributed by atoms with Crippen LogP contribution < -0.4 is 0 Å². The molecule has 0 spiro atoms. The minimum Gasteiger partial charge on any atom is -0.462 e. The van der Waals surface area contributed by atoms with E-state index in [9.17, 15) is 28.9 Å². The number of hydrogen-bond acceptors (Lipinski definition) is 10. The number of aliphatic hydroxyl groups excluding tert-OH is 1. The third kappa shape index (κ3) is 55.4. The number of aliphatic hydroxyl groups is 1. The molecular formula is C64H111O11P. The minimum absolute atomic E-state index is 0.0565. The Morgan fingerprint density at radius 3 is 1.18 bits per heavy atom. The number of carbonyl (C=O) groups excluding carboxylic acids is 3. The first-order chi connectivity index (χ1) is 37.2. The molecule has 0 aliphatic carbocycles. The highest BCUT2D eigenvalue weighted by atomic mass is 31.2. The second-order valence-electron chi connectivity index (χ2n) is 20.2. The molecule has 0 bridgehead atoms. The maximum Gasteiger partial charge on any atom is 0.472 e. The summed E-state index contributed by atoms with van der Waals surface area (Å²) in [6.07, 6.45) is 67.1. The number of allylic oxidation sites excluding steroid dienone is 13. The third-order valence-electron chi connectivity index (χ3n) is 12.8. The molecule has 0 aromatic heterocycles. The standard InChI is InChI=1S/C64H111O11P/c1-4-7-10-13-16-19-22-25-28-29-30-31-34-37-40-43-46-49-52-55-64(68)75-61(57-71-62(66)53-50-47-44-41-38-35-32-26-23-20-17-14-11-8-5-2)59-73-76(69,70)72-58-60(56-65)74-63(67)54-51-48-45-42-39-36-33-27-24-21-18-15-12-9-6-3/h9,12,16,18-19,21,25,27-28,33,39,42,48,51,60-61,65H,4-8,10-11,13-15,17,20,22-24,26,29-32,34-38,40-41,43-47,49-50,52-59H2,1-3H3,(H,69,70)/b12-9-,19-16-,21-18-,28-25-,33-27-,42-39-,51-48-. The topological polar surface area (TPSA) is 155 Å². The fourth-order valence-corrected chi connectivity index (χ4v) is 9.01. The van der Waals surface area contributed by atoms with Crippen molar-refractivity contribution in [3.8, 4) is 0 Å². The maximum atomic E-state index is 12.9. The molecule has 11 nitrogen and oxygen atoms in total. The van der Waals surface area contributed by atoms with Gasteiger partial charge in [0.25, 0.3) is 0 Å². The van der Waals surface area contributed by atoms with Gasteiger partial charge in [0.05, 0.1) is 26.2 Å². The van der Waals surface area contributed by atoms with Crippen LogP contribution in [0.3, 0.4) is 0 Å². The first-order valence-electron chi connectivity index (χ1n) is 30.5. The summed E-state index contributed by atoms with van der Waals surface area (Å²) in [7, 11) is -4.78. The molecule has 0 fully saturated rings. The molecule has 3 unspecified atom stereocenters. The van der Waals surface area contributed by atoms with Crippen molar-refractivity contribution in [3.63, 3.8) is 0 Å². The van der Waals surface area contributed by atoms with Crippen LogP contribution in [0, 0.1) is 0 Å². The van der Waals surface area contributed by atoms with Crippen LogP contribution in [0.25, 0.3) is 0 Å². The number of phosphoric ester groups is 1. The van der Waals surface area contributed by atoms with Crippen molar-refractivity contribution < 1.29 is 52.2 Å². The average molecular weight is 1090 g/mol. The highest BCUT2D eigenvalue weighted by Crippen LogP contribution is 2.43. The molecule has 0 aliphatic heterocycles. The van der Waals surface area contributed by atoms with Crippen molar-refractivity contribution in [3.05, 3.63) is 85.1 Å². The van der Waals surface area contributed by atoms with Gasteiger partial charge < -0.3 is 24.2 Å². The SMILES string of the molecule is CC/C=C\C/C=C\C/C=C\C/C=C\C/C=C\CC(=O)OC(CO)COP(=O)(O)OCC(COC(=O)CCCCCCCCCCCCCCCCC)OC(=O)CCCCCCCCCCC/C=C\C/C=C\CCCCC.